The minimum Gasteiger partial charge on any atom is -0.462 e. The molecule has 1 aromatic carbocycles. The van der Waals surface area contributed by atoms with Gasteiger partial charge in [-0.15, -0.1) is 11.3 Å². The number of carbonyl (C=O) groups is 3. The van der Waals surface area contributed by atoms with E-state index in [1.54, 1.807) is 38.1 Å². The zero-order chi connectivity index (χ0) is 26.6. The molecule has 1 N–H and O–H groups in total. The Bertz CT molecular complexity index is 1310. The number of hydrogen-bond donors (Lipinski definition) is 1. The van der Waals surface area contributed by atoms with Crippen LogP contribution < -0.4 is 5.32 Å². The van der Waals surface area contributed by atoms with Gasteiger partial charge in [-0.25, -0.2) is 14.8 Å². The molecule has 0 aliphatic rings. The third-order valence-corrected chi connectivity index (χ3v) is 7.03. The summed E-state index contributed by atoms with van der Waals surface area (Å²) in [7, 11) is 0. The maximum atomic E-state index is 13.5. The Morgan fingerprint density at radius 3 is 2.36 bits per heavy atom. The minimum absolute atomic E-state index is 0.0716. The first-order chi connectivity index (χ1) is 16.9. The third-order valence-electron chi connectivity index (χ3n) is 4.87. The number of halogens is 3. The van der Waals surface area contributed by atoms with Crippen LogP contribution in [0.25, 0.3) is 11.3 Å². The second kappa shape index (κ2) is 11.2. The van der Waals surface area contributed by atoms with Gasteiger partial charge in [0, 0.05) is 5.56 Å². The summed E-state index contributed by atoms with van der Waals surface area (Å²) in [5, 5.41) is 2.46. The molecule has 3 aromatic rings. The van der Waals surface area contributed by atoms with E-state index in [0.717, 1.165) is 34.7 Å². The highest BCUT2D eigenvalue weighted by atomic mass is 32.2. The topological polar surface area (TPSA) is 98.2 Å². The molecule has 190 valence electrons. The number of nitrogens with zero attached hydrogens (tertiary/aromatic N) is 2. The van der Waals surface area contributed by atoms with Gasteiger partial charge in [0.05, 0.1) is 28.5 Å². The molecule has 0 bridgehead atoms. The van der Waals surface area contributed by atoms with Crippen molar-refractivity contribution in [2.75, 3.05) is 17.7 Å². The maximum absolute atomic E-state index is 13.5. The van der Waals surface area contributed by atoms with Crippen molar-refractivity contribution in [1.82, 2.24) is 9.97 Å². The number of carbonyl (C=O) groups excluding carboxylic acids is 3. The number of nitrogens with one attached hydrogen (secondary N) is 1. The molecule has 7 nitrogen and oxygen atoms in total. The number of thiophene rings is 1. The largest absolute Gasteiger partial charge is 0.462 e. The Morgan fingerprint density at radius 1 is 1.11 bits per heavy atom. The lowest BCUT2D eigenvalue weighted by Gasteiger charge is -2.11. The van der Waals surface area contributed by atoms with E-state index in [-0.39, 0.29) is 39.6 Å². The number of aryl methyl sites for hydroxylation is 1. The first kappa shape index (κ1) is 27.3. The van der Waals surface area contributed by atoms with E-state index >= 15 is 0 Å². The van der Waals surface area contributed by atoms with Gasteiger partial charge in [-0.2, -0.15) is 13.2 Å². The lowest BCUT2D eigenvalue weighted by Crippen LogP contribution is -2.17. The van der Waals surface area contributed by atoms with Crippen molar-refractivity contribution in [3.05, 3.63) is 57.6 Å². The fourth-order valence-corrected chi connectivity index (χ4v) is 4.95. The number of rotatable bonds is 8. The summed E-state index contributed by atoms with van der Waals surface area (Å²) in [5.41, 5.74) is 0.823. The predicted molar refractivity (Wildman–Crippen MR) is 132 cm³/mol. The molecular weight excluding hydrogens is 515 g/mol. The second-order valence-electron chi connectivity index (χ2n) is 7.66. The molecule has 0 aliphatic heterocycles. The lowest BCUT2D eigenvalue weighted by atomic mass is 10.1. The Morgan fingerprint density at radius 2 is 1.78 bits per heavy atom. The maximum Gasteiger partial charge on any atom is 0.433 e. The van der Waals surface area contributed by atoms with E-state index in [0.29, 0.717) is 16.0 Å². The summed E-state index contributed by atoms with van der Waals surface area (Å²) in [5.74, 6) is -1.91. The van der Waals surface area contributed by atoms with Gasteiger partial charge < -0.3 is 10.1 Å². The molecule has 0 aliphatic carbocycles. The molecule has 12 heteroatoms. The highest BCUT2D eigenvalue weighted by molar-refractivity contribution is 7.99. The molecule has 0 fully saturated rings. The van der Waals surface area contributed by atoms with Crippen LogP contribution in [-0.4, -0.2) is 40.0 Å². The number of hydrogen-bond acceptors (Lipinski definition) is 8. The summed E-state index contributed by atoms with van der Waals surface area (Å²) < 4.78 is 45.4. The van der Waals surface area contributed by atoms with Crippen molar-refractivity contribution in [2.24, 2.45) is 0 Å². The van der Waals surface area contributed by atoms with Gasteiger partial charge in [0.25, 0.3) is 0 Å². The number of ether oxygens (including phenoxy) is 1. The summed E-state index contributed by atoms with van der Waals surface area (Å²) in [6, 6.07) is 7.68. The van der Waals surface area contributed by atoms with E-state index in [1.165, 1.54) is 6.92 Å². The lowest BCUT2D eigenvalue weighted by molar-refractivity contribution is -0.141. The molecule has 0 saturated carbocycles. The third kappa shape index (κ3) is 6.49. The van der Waals surface area contributed by atoms with Crippen LogP contribution in [0.3, 0.4) is 0 Å². The van der Waals surface area contributed by atoms with Crippen LogP contribution in [0.15, 0.2) is 35.5 Å². The Hall–Kier alpha value is -3.25. The average Bonchev–Trinajstić information content (AvgIpc) is 3.13. The molecule has 0 saturated heterocycles. The summed E-state index contributed by atoms with van der Waals surface area (Å²) in [6.07, 6.45) is -4.70. The SMILES string of the molecule is CCOC(=O)c1c(NC(=O)CSc2nc(-c3ccc(C)cc3)cc(C(F)(F)F)n2)sc(C(C)=O)c1C. The van der Waals surface area contributed by atoms with E-state index in [2.05, 4.69) is 15.3 Å². The summed E-state index contributed by atoms with van der Waals surface area (Å²) in [4.78, 5) is 45.0. The minimum atomic E-state index is -4.70. The number of alkyl halides is 3. The standard InChI is InChI=1S/C24H22F3N3O4S2/c1-5-34-22(33)19-13(3)20(14(4)31)36-21(19)30-18(32)11-35-23-28-16(10-17(29-23)24(25,26)27)15-8-6-12(2)7-9-15/h6-10H,5,11H2,1-4H3,(H,30,32). The highest BCUT2D eigenvalue weighted by Crippen LogP contribution is 2.35. The van der Waals surface area contributed by atoms with Gasteiger partial charge in [0.2, 0.25) is 5.91 Å². The Labute approximate surface area is 213 Å². The van der Waals surface area contributed by atoms with Gasteiger partial charge >= 0.3 is 12.1 Å². The zero-order valence-electron chi connectivity index (χ0n) is 19.8. The molecule has 3 rings (SSSR count). The molecule has 0 spiro atoms. The number of ketones is 1. The van der Waals surface area contributed by atoms with Crippen molar-refractivity contribution in [3.8, 4) is 11.3 Å². The van der Waals surface area contributed by atoms with Crippen molar-refractivity contribution in [1.29, 1.82) is 0 Å². The fraction of sp³-hybridized carbons (Fsp3) is 0.292. The first-order valence-corrected chi connectivity index (χ1v) is 12.5. The fourth-order valence-electron chi connectivity index (χ4n) is 3.19. The van der Waals surface area contributed by atoms with Crippen LogP contribution in [0.4, 0.5) is 18.2 Å². The number of thioether (sulfide) groups is 1. The summed E-state index contributed by atoms with van der Waals surface area (Å²) >= 11 is 1.65. The molecular formula is C24H22F3N3O4S2. The summed E-state index contributed by atoms with van der Waals surface area (Å²) in [6.45, 7) is 6.49. The van der Waals surface area contributed by atoms with Crippen LogP contribution in [0.5, 0.6) is 0 Å². The van der Waals surface area contributed by atoms with Crippen LogP contribution in [0, 0.1) is 13.8 Å². The van der Waals surface area contributed by atoms with E-state index < -0.39 is 23.7 Å². The van der Waals surface area contributed by atoms with E-state index in [1.807, 2.05) is 6.92 Å². The van der Waals surface area contributed by atoms with Crippen LogP contribution in [-0.2, 0) is 15.7 Å². The second-order valence-corrected chi connectivity index (χ2v) is 9.62. The van der Waals surface area contributed by atoms with Gasteiger partial charge in [-0.05, 0) is 39.3 Å². The highest BCUT2D eigenvalue weighted by Gasteiger charge is 2.34. The molecule has 2 aromatic heterocycles. The monoisotopic (exact) mass is 537 g/mol. The van der Waals surface area contributed by atoms with Crippen molar-refractivity contribution in [3.63, 3.8) is 0 Å². The van der Waals surface area contributed by atoms with Gasteiger partial charge in [-0.1, -0.05) is 41.6 Å². The quantitative estimate of drug-likeness (QED) is 0.164. The molecule has 1 amide bonds. The number of anilines is 1. The molecule has 0 radical (unpaired) electrons. The molecule has 36 heavy (non-hydrogen) atoms. The molecule has 2 heterocycles. The van der Waals surface area contributed by atoms with Crippen LogP contribution >= 0.6 is 23.1 Å². The van der Waals surface area contributed by atoms with Crippen molar-refractivity contribution >= 4 is 45.8 Å². The van der Waals surface area contributed by atoms with E-state index in [4.69, 9.17) is 4.74 Å². The Kier molecular flexibility index (Phi) is 8.51. The number of benzene rings is 1. The molecule has 0 unspecified atom stereocenters. The Balaban J connectivity index is 1.84. The van der Waals surface area contributed by atoms with Crippen molar-refractivity contribution in [2.45, 2.75) is 39.0 Å². The van der Waals surface area contributed by atoms with Gasteiger partial charge in [0.1, 0.15) is 10.7 Å². The van der Waals surface area contributed by atoms with Crippen LogP contribution in [0.2, 0.25) is 0 Å². The molecule has 0 atom stereocenters. The van der Waals surface area contributed by atoms with E-state index in [9.17, 15) is 27.6 Å². The zero-order valence-corrected chi connectivity index (χ0v) is 21.4. The normalized spacial score (nSPS) is 11.3. The first-order valence-electron chi connectivity index (χ1n) is 10.7. The van der Waals surface area contributed by atoms with Crippen molar-refractivity contribution < 1.29 is 32.3 Å². The van der Waals surface area contributed by atoms with Gasteiger partial charge in [0.15, 0.2) is 10.9 Å². The number of esters is 1. The van der Waals surface area contributed by atoms with Gasteiger partial charge in [-0.3, -0.25) is 9.59 Å². The number of Topliss-reactive ketones (excluding diaryl/α,β-unsaturated/α-hetero) is 1. The number of aromatic nitrogens is 2. The average molecular weight is 538 g/mol. The predicted octanol–water partition coefficient (Wildman–Crippen LogP) is 5.95. The number of amides is 1. The smallest absolute Gasteiger partial charge is 0.433 e. The van der Waals surface area contributed by atoms with Crippen LogP contribution in [0.1, 0.15) is 50.7 Å².